The molecule has 2 saturated heterocycles. The van der Waals surface area contributed by atoms with Crippen molar-refractivity contribution in [1.29, 1.82) is 0 Å². The van der Waals surface area contributed by atoms with E-state index >= 15 is 0 Å². The second kappa shape index (κ2) is 6.59. The Hall–Kier alpha value is -1.43. The van der Waals surface area contributed by atoms with E-state index in [9.17, 15) is 4.39 Å². The average molecular weight is 332 g/mol. The van der Waals surface area contributed by atoms with E-state index in [-0.39, 0.29) is 11.9 Å². The van der Waals surface area contributed by atoms with Gasteiger partial charge in [-0.1, -0.05) is 6.07 Å². The zero-order valence-electron chi connectivity index (χ0n) is 13.0. The first-order valence-corrected chi connectivity index (χ1v) is 9.10. The molecule has 3 heterocycles. The van der Waals surface area contributed by atoms with E-state index in [0.717, 1.165) is 39.1 Å². The molecule has 0 spiro atoms. The van der Waals surface area contributed by atoms with Crippen LogP contribution in [0.4, 0.5) is 4.39 Å². The van der Waals surface area contributed by atoms with Crippen LogP contribution >= 0.6 is 11.3 Å². The van der Waals surface area contributed by atoms with Crippen LogP contribution in [0.15, 0.2) is 41.1 Å². The fourth-order valence-corrected chi connectivity index (χ4v) is 4.32. The first-order valence-electron chi connectivity index (χ1n) is 8.16. The molecule has 5 heteroatoms. The molecule has 2 fully saturated rings. The molecule has 0 radical (unpaired) electrons. The van der Waals surface area contributed by atoms with Gasteiger partial charge in [-0.25, -0.2) is 4.39 Å². The summed E-state index contributed by atoms with van der Waals surface area (Å²) in [6, 6.07) is 9.23. The SMILES string of the molecule is Fc1cccc(O[C@H]2C[C@H]3CN(Cc4ccsc4)CCN3C2)c1. The van der Waals surface area contributed by atoms with Gasteiger partial charge in [0.25, 0.3) is 0 Å². The van der Waals surface area contributed by atoms with Crippen LogP contribution in [0.3, 0.4) is 0 Å². The summed E-state index contributed by atoms with van der Waals surface area (Å²) in [4.78, 5) is 5.06. The molecule has 122 valence electrons. The van der Waals surface area contributed by atoms with E-state index in [1.165, 1.54) is 17.7 Å². The number of halogens is 1. The molecular formula is C18H21FN2OS. The van der Waals surface area contributed by atoms with E-state index in [4.69, 9.17) is 4.74 Å². The summed E-state index contributed by atoms with van der Waals surface area (Å²) in [6.45, 7) is 5.30. The Kier molecular flexibility index (Phi) is 4.33. The molecule has 0 bridgehead atoms. The summed E-state index contributed by atoms with van der Waals surface area (Å²) in [5, 5.41) is 4.38. The molecule has 2 aliphatic heterocycles. The summed E-state index contributed by atoms with van der Waals surface area (Å²) < 4.78 is 19.3. The zero-order chi connectivity index (χ0) is 15.6. The summed E-state index contributed by atoms with van der Waals surface area (Å²) >= 11 is 1.76. The van der Waals surface area contributed by atoms with Crippen molar-refractivity contribution in [2.45, 2.75) is 25.1 Å². The van der Waals surface area contributed by atoms with Crippen molar-refractivity contribution >= 4 is 11.3 Å². The molecule has 0 amide bonds. The van der Waals surface area contributed by atoms with E-state index in [2.05, 4.69) is 26.6 Å². The number of benzene rings is 1. The number of thiophene rings is 1. The highest BCUT2D eigenvalue weighted by Crippen LogP contribution is 2.27. The zero-order valence-corrected chi connectivity index (χ0v) is 13.8. The quantitative estimate of drug-likeness (QED) is 0.855. The maximum Gasteiger partial charge on any atom is 0.126 e. The van der Waals surface area contributed by atoms with Crippen LogP contribution in [-0.4, -0.2) is 48.1 Å². The standard InChI is InChI=1S/C18H21FN2OS/c19-15-2-1-3-17(8-15)22-18-9-16-11-20(5-6-21(16)12-18)10-14-4-7-23-13-14/h1-4,7-8,13,16,18H,5-6,9-12H2/t16-,18-/m0/s1. The first kappa shape index (κ1) is 15.1. The van der Waals surface area contributed by atoms with Gasteiger partial charge in [0.15, 0.2) is 0 Å². The fourth-order valence-electron chi connectivity index (χ4n) is 3.66. The molecule has 4 rings (SSSR count). The number of fused-ring (bicyclic) bond motifs is 1. The second-order valence-corrected chi connectivity index (χ2v) is 7.23. The molecule has 0 unspecified atom stereocenters. The van der Waals surface area contributed by atoms with Crippen molar-refractivity contribution in [3.05, 3.63) is 52.5 Å². The van der Waals surface area contributed by atoms with E-state index in [1.54, 1.807) is 17.4 Å². The fraction of sp³-hybridized carbons (Fsp3) is 0.444. The van der Waals surface area contributed by atoms with Crippen molar-refractivity contribution in [3.63, 3.8) is 0 Å². The van der Waals surface area contributed by atoms with Gasteiger partial charge in [-0.05, 0) is 34.5 Å². The lowest BCUT2D eigenvalue weighted by atomic mass is 10.1. The van der Waals surface area contributed by atoms with E-state index in [0.29, 0.717) is 11.8 Å². The van der Waals surface area contributed by atoms with Crippen LogP contribution in [0.5, 0.6) is 5.75 Å². The molecule has 0 N–H and O–H groups in total. The number of piperazine rings is 1. The number of rotatable bonds is 4. The predicted molar refractivity (Wildman–Crippen MR) is 90.4 cm³/mol. The summed E-state index contributed by atoms with van der Waals surface area (Å²) in [5.74, 6) is 0.408. The third-order valence-corrected chi connectivity index (χ3v) is 5.48. The van der Waals surface area contributed by atoms with Gasteiger partial charge in [0, 0.05) is 51.3 Å². The van der Waals surface area contributed by atoms with Crippen molar-refractivity contribution in [3.8, 4) is 5.75 Å². The minimum atomic E-state index is -0.236. The number of nitrogens with zero attached hydrogens (tertiary/aromatic N) is 2. The summed E-state index contributed by atoms with van der Waals surface area (Å²) in [6.07, 6.45) is 1.19. The average Bonchev–Trinajstić information content (AvgIpc) is 3.16. The third-order valence-electron chi connectivity index (χ3n) is 4.75. The maximum atomic E-state index is 13.3. The number of hydrogen-bond acceptors (Lipinski definition) is 4. The van der Waals surface area contributed by atoms with Crippen LogP contribution in [0.1, 0.15) is 12.0 Å². The Morgan fingerprint density at radius 1 is 1.22 bits per heavy atom. The largest absolute Gasteiger partial charge is 0.489 e. The predicted octanol–water partition coefficient (Wildman–Crippen LogP) is 3.22. The van der Waals surface area contributed by atoms with E-state index in [1.807, 2.05) is 6.07 Å². The van der Waals surface area contributed by atoms with Crippen LogP contribution in [0.25, 0.3) is 0 Å². The first-order chi connectivity index (χ1) is 11.3. The highest BCUT2D eigenvalue weighted by atomic mass is 32.1. The van der Waals surface area contributed by atoms with Crippen LogP contribution in [-0.2, 0) is 6.54 Å². The molecule has 23 heavy (non-hydrogen) atoms. The highest BCUT2D eigenvalue weighted by Gasteiger charge is 2.37. The molecule has 2 aromatic rings. The normalized spacial score (nSPS) is 25.4. The smallest absolute Gasteiger partial charge is 0.126 e. The molecule has 0 aliphatic carbocycles. The number of hydrogen-bond donors (Lipinski definition) is 0. The Morgan fingerprint density at radius 2 is 2.17 bits per heavy atom. The minimum absolute atomic E-state index is 0.169. The minimum Gasteiger partial charge on any atom is -0.489 e. The van der Waals surface area contributed by atoms with Crippen LogP contribution in [0, 0.1) is 5.82 Å². The van der Waals surface area contributed by atoms with Crippen LogP contribution in [0.2, 0.25) is 0 Å². The molecular weight excluding hydrogens is 311 g/mol. The molecule has 2 aliphatic rings. The number of ether oxygens (including phenoxy) is 1. The highest BCUT2D eigenvalue weighted by molar-refractivity contribution is 7.07. The van der Waals surface area contributed by atoms with Gasteiger partial charge in [0.05, 0.1) is 0 Å². The lowest BCUT2D eigenvalue weighted by Gasteiger charge is -2.37. The van der Waals surface area contributed by atoms with Gasteiger partial charge >= 0.3 is 0 Å². The van der Waals surface area contributed by atoms with Gasteiger partial charge in [-0.2, -0.15) is 11.3 Å². The van der Waals surface area contributed by atoms with Gasteiger partial charge in [0.2, 0.25) is 0 Å². The molecule has 0 saturated carbocycles. The van der Waals surface area contributed by atoms with Gasteiger partial charge in [-0.3, -0.25) is 9.80 Å². The van der Waals surface area contributed by atoms with Gasteiger partial charge < -0.3 is 4.74 Å². The van der Waals surface area contributed by atoms with Gasteiger partial charge in [0.1, 0.15) is 17.7 Å². The Labute approximate surface area is 140 Å². The third kappa shape index (κ3) is 3.57. The molecule has 3 nitrogen and oxygen atoms in total. The van der Waals surface area contributed by atoms with E-state index < -0.39 is 0 Å². The summed E-state index contributed by atoms with van der Waals surface area (Å²) in [5.41, 5.74) is 1.41. The van der Waals surface area contributed by atoms with Crippen molar-refractivity contribution in [1.82, 2.24) is 9.80 Å². The lowest BCUT2D eigenvalue weighted by Crippen LogP contribution is -2.49. The molecule has 1 aromatic heterocycles. The van der Waals surface area contributed by atoms with Crippen molar-refractivity contribution in [2.24, 2.45) is 0 Å². The Balaban J connectivity index is 1.34. The topological polar surface area (TPSA) is 15.7 Å². The second-order valence-electron chi connectivity index (χ2n) is 6.45. The maximum absolute atomic E-state index is 13.3. The molecule has 1 aromatic carbocycles. The van der Waals surface area contributed by atoms with Crippen molar-refractivity contribution < 1.29 is 9.13 Å². The van der Waals surface area contributed by atoms with Crippen LogP contribution < -0.4 is 4.74 Å². The van der Waals surface area contributed by atoms with Crippen molar-refractivity contribution in [2.75, 3.05) is 26.2 Å². The summed E-state index contributed by atoms with van der Waals surface area (Å²) in [7, 11) is 0. The lowest BCUT2D eigenvalue weighted by molar-refractivity contribution is 0.0979. The molecule has 2 atom stereocenters. The Bertz CT molecular complexity index is 648. The van der Waals surface area contributed by atoms with Gasteiger partial charge in [-0.15, -0.1) is 0 Å². The monoisotopic (exact) mass is 332 g/mol. The Morgan fingerprint density at radius 3 is 3.00 bits per heavy atom.